The van der Waals surface area contributed by atoms with E-state index in [9.17, 15) is 24.0 Å². The molecule has 1 aliphatic rings. The standard InChI is InChI=1S/C26H30O12/c1-11-12(2)25(31)38-21-13(3)19(9-8-18(11)21)36-26-24(35-17(7)30)23(34-16(6)29)22(33-15(5)28)20(37-26)10-32-14(4)27/h8-9,20,22-24,26H,10H2,1-7H3/t20-,22-,23+,24-,26+/m1/s1. The van der Waals surface area contributed by atoms with Gasteiger partial charge >= 0.3 is 29.5 Å². The van der Waals surface area contributed by atoms with Crippen LogP contribution in [0.1, 0.15) is 44.4 Å². The van der Waals surface area contributed by atoms with Gasteiger partial charge in [-0.25, -0.2) is 4.79 Å². The van der Waals surface area contributed by atoms with Crippen LogP contribution >= 0.6 is 0 Å². The first-order valence-corrected chi connectivity index (χ1v) is 11.8. The highest BCUT2D eigenvalue weighted by Crippen LogP contribution is 2.34. The average molecular weight is 535 g/mol. The van der Waals surface area contributed by atoms with Gasteiger partial charge in [-0.2, -0.15) is 0 Å². The maximum Gasteiger partial charge on any atom is 0.339 e. The number of hydrogen-bond donors (Lipinski definition) is 0. The minimum Gasteiger partial charge on any atom is -0.463 e. The van der Waals surface area contributed by atoms with Gasteiger partial charge in [0, 0.05) is 44.2 Å². The normalized spacial score (nSPS) is 22.9. The summed E-state index contributed by atoms with van der Waals surface area (Å²) in [4.78, 5) is 59.7. The van der Waals surface area contributed by atoms with Crippen LogP contribution in [0.5, 0.6) is 5.75 Å². The van der Waals surface area contributed by atoms with Gasteiger partial charge in [0.25, 0.3) is 0 Å². The molecule has 206 valence electrons. The molecule has 1 aromatic carbocycles. The summed E-state index contributed by atoms with van der Waals surface area (Å²) in [6.45, 7) is 9.32. The van der Waals surface area contributed by atoms with E-state index in [0.717, 1.165) is 26.3 Å². The fourth-order valence-electron chi connectivity index (χ4n) is 4.16. The molecular weight excluding hydrogens is 504 g/mol. The number of carbonyl (C=O) groups excluding carboxylic acids is 4. The molecule has 3 rings (SSSR count). The van der Waals surface area contributed by atoms with Gasteiger partial charge in [-0.1, -0.05) is 0 Å². The van der Waals surface area contributed by atoms with Crippen LogP contribution in [0, 0.1) is 20.8 Å². The first-order chi connectivity index (χ1) is 17.8. The fourth-order valence-corrected chi connectivity index (χ4v) is 4.16. The van der Waals surface area contributed by atoms with Gasteiger partial charge in [0.2, 0.25) is 12.4 Å². The summed E-state index contributed by atoms with van der Waals surface area (Å²) in [5, 5.41) is 0.702. The molecule has 0 bridgehead atoms. The van der Waals surface area contributed by atoms with Crippen molar-refractivity contribution < 1.29 is 52.0 Å². The van der Waals surface area contributed by atoms with Gasteiger partial charge in [-0.05, 0) is 38.5 Å². The maximum atomic E-state index is 12.3. The van der Waals surface area contributed by atoms with Gasteiger partial charge in [0.1, 0.15) is 24.0 Å². The van der Waals surface area contributed by atoms with Gasteiger partial charge in [0.05, 0.1) is 0 Å². The van der Waals surface area contributed by atoms with Crippen LogP contribution in [0.4, 0.5) is 0 Å². The predicted molar refractivity (Wildman–Crippen MR) is 129 cm³/mol. The van der Waals surface area contributed by atoms with E-state index in [1.807, 2.05) is 0 Å². The van der Waals surface area contributed by atoms with Crippen molar-refractivity contribution in [3.8, 4) is 5.75 Å². The number of hydrogen-bond acceptors (Lipinski definition) is 12. The van der Waals surface area contributed by atoms with Gasteiger partial charge in [-0.3, -0.25) is 19.2 Å². The van der Waals surface area contributed by atoms with Crippen LogP contribution in [0.15, 0.2) is 21.3 Å². The molecule has 1 saturated heterocycles. The van der Waals surface area contributed by atoms with Gasteiger partial charge in [0.15, 0.2) is 12.2 Å². The molecule has 38 heavy (non-hydrogen) atoms. The number of esters is 4. The molecular formula is C26H30O12. The summed E-state index contributed by atoms with van der Waals surface area (Å²) >= 11 is 0. The monoisotopic (exact) mass is 534 g/mol. The topological polar surface area (TPSA) is 154 Å². The van der Waals surface area contributed by atoms with Crippen LogP contribution in [0.2, 0.25) is 0 Å². The first-order valence-electron chi connectivity index (χ1n) is 11.8. The summed E-state index contributed by atoms with van der Waals surface area (Å²) in [5.74, 6) is -2.67. The third kappa shape index (κ3) is 6.31. The summed E-state index contributed by atoms with van der Waals surface area (Å²) in [7, 11) is 0. The zero-order valence-electron chi connectivity index (χ0n) is 22.1. The zero-order valence-corrected chi connectivity index (χ0v) is 22.1. The Hall–Kier alpha value is -3.93. The van der Waals surface area contributed by atoms with Crippen molar-refractivity contribution in [3.05, 3.63) is 39.2 Å². The second-order valence-electron chi connectivity index (χ2n) is 8.89. The summed E-state index contributed by atoms with van der Waals surface area (Å²) in [6.07, 6.45) is -6.64. The molecule has 1 aromatic heterocycles. The first kappa shape index (κ1) is 28.6. The van der Waals surface area contributed by atoms with Crippen molar-refractivity contribution in [1.29, 1.82) is 0 Å². The number of carbonyl (C=O) groups is 4. The van der Waals surface area contributed by atoms with E-state index in [1.54, 1.807) is 32.9 Å². The molecule has 0 unspecified atom stereocenters. The molecule has 12 nitrogen and oxygen atoms in total. The van der Waals surface area contributed by atoms with E-state index in [1.165, 1.54) is 6.92 Å². The van der Waals surface area contributed by atoms with Crippen LogP contribution in [0.3, 0.4) is 0 Å². The van der Waals surface area contributed by atoms with Crippen molar-refractivity contribution in [3.63, 3.8) is 0 Å². The molecule has 0 saturated carbocycles. The summed E-state index contributed by atoms with van der Waals surface area (Å²) < 4.78 is 38.8. The highest BCUT2D eigenvalue weighted by molar-refractivity contribution is 5.85. The SMILES string of the molecule is CC(=O)OC[C@H]1O[C@H](Oc2ccc3c(C)c(C)c(=O)oc3c2C)[C@H](OC(C)=O)[C@@H](OC(C)=O)[C@@H]1OC(C)=O. The largest absolute Gasteiger partial charge is 0.463 e. The highest BCUT2D eigenvalue weighted by Gasteiger charge is 2.53. The van der Waals surface area contributed by atoms with Gasteiger partial charge < -0.3 is 32.8 Å². The Balaban J connectivity index is 2.09. The summed E-state index contributed by atoms with van der Waals surface area (Å²) in [6, 6.07) is 3.33. The lowest BCUT2D eigenvalue weighted by molar-refractivity contribution is -0.288. The Morgan fingerprint density at radius 1 is 0.763 bits per heavy atom. The van der Waals surface area contributed by atoms with E-state index in [4.69, 9.17) is 32.8 Å². The number of fused-ring (bicyclic) bond motifs is 1. The van der Waals surface area contributed by atoms with E-state index in [-0.39, 0.29) is 12.4 Å². The van der Waals surface area contributed by atoms with E-state index in [0.29, 0.717) is 22.1 Å². The van der Waals surface area contributed by atoms with Gasteiger partial charge in [-0.15, -0.1) is 0 Å². The van der Waals surface area contributed by atoms with Crippen molar-refractivity contribution in [2.24, 2.45) is 0 Å². The van der Waals surface area contributed by atoms with Crippen molar-refractivity contribution in [1.82, 2.24) is 0 Å². The molecule has 5 atom stereocenters. The lowest BCUT2D eigenvalue weighted by Crippen LogP contribution is -2.63. The molecule has 12 heteroatoms. The zero-order chi connectivity index (χ0) is 28.3. The Morgan fingerprint density at radius 2 is 1.34 bits per heavy atom. The average Bonchev–Trinajstić information content (AvgIpc) is 2.81. The summed E-state index contributed by atoms with van der Waals surface area (Å²) in [5.41, 5.74) is 1.47. The van der Waals surface area contributed by atoms with E-state index in [2.05, 4.69) is 0 Å². The van der Waals surface area contributed by atoms with E-state index >= 15 is 0 Å². The lowest BCUT2D eigenvalue weighted by atomic mass is 9.98. The predicted octanol–water partition coefficient (Wildman–Crippen LogP) is 2.18. The number of rotatable bonds is 7. The Labute approximate surface area is 218 Å². The van der Waals surface area contributed by atoms with Crippen molar-refractivity contribution in [2.75, 3.05) is 6.61 Å². The molecule has 0 radical (unpaired) electrons. The molecule has 1 aliphatic heterocycles. The Kier molecular flexibility index (Phi) is 8.77. The molecule has 2 aromatic rings. The third-order valence-corrected chi connectivity index (χ3v) is 6.01. The van der Waals surface area contributed by atoms with Crippen LogP contribution < -0.4 is 10.4 Å². The molecule has 0 amide bonds. The molecule has 0 spiro atoms. The minimum atomic E-state index is -1.41. The molecule has 2 heterocycles. The van der Waals surface area contributed by atoms with Crippen LogP contribution in [0.25, 0.3) is 11.0 Å². The van der Waals surface area contributed by atoms with Crippen LogP contribution in [-0.2, 0) is 42.9 Å². The second kappa shape index (κ2) is 11.6. The molecule has 0 aliphatic carbocycles. The number of aryl methyl sites for hydroxylation is 2. The smallest absolute Gasteiger partial charge is 0.339 e. The molecule has 1 fully saturated rings. The molecule has 0 N–H and O–H groups in total. The van der Waals surface area contributed by atoms with Crippen molar-refractivity contribution >= 4 is 34.8 Å². The van der Waals surface area contributed by atoms with E-state index < -0.39 is 60.2 Å². The maximum absolute atomic E-state index is 12.3. The highest BCUT2D eigenvalue weighted by atomic mass is 16.7. The Morgan fingerprint density at radius 3 is 1.92 bits per heavy atom. The fraction of sp³-hybridized carbons (Fsp3) is 0.500. The second-order valence-corrected chi connectivity index (χ2v) is 8.89. The number of ether oxygens (including phenoxy) is 6. The Bertz CT molecular complexity index is 1310. The quantitative estimate of drug-likeness (QED) is 0.290. The minimum absolute atomic E-state index is 0.213. The lowest BCUT2D eigenvalue weighted by Gasteiger charge is -2.44. The number of benzene rings is 1. The van der Waals surface area contributed by atoms with Crippen LogP contribution in [-0.4, -0.2) is 61.2 Å². The third-order valence-electron chi connectivity index (χ3n) is 6.01. The van der Waals surface area contributed by atoms with Crippen molar-refractivity contribution in [2.45, 2.75) is 79.2 Å².